The van der Waals surface area contributed by atoms with Crippen LogP contribution in [0.25, 0.3) is 0 Å². The maximum atomic E-state index is 6.25. The first-order valence-electron chi connectivity index (χ1n) is 5.90. The van der Waals surface area contributed by atoms with Crippen molar-refractivity contribution in [2.24, 2.45) is 0 Å². The van der Waals surface area contributed by atoms with Crippen LogP contribution in [0.15, 0.2) is 30.6 Å². The molecule has 0 saturated heterocycles. The van der Waals surface area contributed by atoms with E-state index < -0.39 is 0 Å². The highest BCUT2D eigenvalue weighted by Crippen LogP contribution is 2.50. The van der Waals surface area contributed by atoms with Crippen LogP contribution < -0.4 is 0 Å². The summed E-state index contributed by atoms with van der Waals surface area (Å²) in [7, 11) is 0. The van der Waals surface area contributed by atoms with Crippen molar-refractivity contribution >= 4 is 22.9 Å². The fourth-order valence-corrected chi connectivity index (χ4v) is 3.95. The molecule has 0 spiro atoms. The number of hydrogen-bond acceptors (Lipinski definition) is 2. The molecule has 0 radical (unpaired) electrons. The maximum absolute atomic E-state index is 6.25. The van der Waals surface area contributed by atoms with Crippen LogP contribution in [0.4, 0.5) is 0 Å². The largest absolute Gasteiger partial charge is 0.265 e. The molecule has 0 aliphatic heterocycles. The standard InChI is InChI=1S/C14H14ClNS/c1-9-6-13(14(15)17-9)12-7-11(8-12)10-2-4-16-5-3-10/h2-6,11-12H,7-8H2,1H3. The lowest BCUT2D eigenvalue weighted by molar-refractivity contribution is 0.352. The molecule has 3 heteroatoms. The molecule has 1 nitrogen and oxygen atoms in total. The van der Waals surface area contributed by atoms with E-state index in [1.54, 1.807) is 11.3 Å². The third-order valence-electron chi connectivity index (χ3n) is 3.59. The van der Waals surface area contributed by atoms with Gasteiger partial charge in [0.15, 0.2) is 0 Å². The molecular weight excluding hydrogens is 250 g/mol. The van der Waals surface area contributed by atoms with Crippen LogP contribution >= 0.6 is 22.9 Å². The Morgan fingerprint density at radius 3 is 2.53 bits per heavy atom. The molecule has 2 aromatic rings. The summed E-state index contributed by atoms with van der Waals surface area (Å²) in [4.78, 5) is 5.38. The van der Waals surface area contributed by atoms with Crippen LogP contribution in [0.2, 0.25) is 4.34 Å². The summed E-state index contributed by atoms with van der Waals surface area (Å²) in [5.41, 5.74) is 2.78. The number of halogens is 1. The third-order valence-corrected chi connectivity index (χ3v) is 4.90. The Morgan fingerprint density at radius 1 is 1.24 bits per heavy atom. The molecule has 2 aromatic heterocycles. The molecule has 3 rings (SSSR count). The highest BCUT2D eigenvalue weighted by Gasteiger charge is 2.33. The summed E-state index contributed by atoms with van der Waals surface area (Å²) < 4.78 is 0.987. The molecule has 88 valence electrons. The van der Waals surface area contributed by atoms with Gasteiger partial charge < -0.3 is 0 Å². The summed E-state index contributed by atoms with van der Waals surface area (Å²) in [5, 5.41) is 0. The number of thiophene rings is 1. The first-order chi connectivity index (χ1) is 8.24. The van der Waals surface area contributed by atoms with Gasteiger partial charge in [0.1, 0.15) is 0 Å². The SMILES string of the molecule is Cc1cc(C2CC(c3ccncc3)C2)c(Cl)s1. The number of nitrogens with zero attached hydrogens (tertiary/aromatic N) is 1. The highest BCUT2D eigenvalue weighted by molar-refractivity contribution is 7.16. The third kappa shape index (κ3) is 2.12. The van der Waals surface area contributed by atoms with E-state index in [0.717, 1.165) is 4.34 Å². The van der Waals surface area contributed by atoms with Crippen molar-refractivity contribution in [3.8, 4) is 0 Å². The molecule has 1 fully saturated rings. The minimum absolute atomic E-state index is 0.658. The van der Waals surface area contributed by atoms with E-state index >= 15 is 0 Å². The number of aromatic nitrogens is 1. The van der Waals surface area contributed by atoms with Gasteiger partial charge in [-0.25, -0.2) is 0 Å². The zero-order chi connectivity index (χ0) is 11.8. The summed E-state index contributed by atoms with van der Waals surface area (Å²) in [6.45, 7) is 2.12. The quantitative estimate of drug-likeness (QED) is 0.761. The molecule has 17 heavy (non-hydrogen) atoms. The molecule has 0 aromatic carbocycles. The van der Waals surface area contributed by atoms with Crippen molar-refractivity contribution in [1.29, 1.82) is 0 Å². The summed E-state index contributed by atoms with van der Waals surface area (Å²) in [5.74, 6) is 1.35. The molecule has 0 amide bonds. The second-order valence-electron chi connectivity index (χ2n) is 4.73. The van der Waals surface area contributed by atoms with Crippen molar-refractivity contribution in [1.82, 2.24) is 4.98 Å². The normalized spacial score (nSPS) is 23.4. The van der Waals surface area contributed by atoms with Crippen LogP contribution in [0.1, 0.15) is 40.7 Å². The molecule has 2 heterocycles. The predicted octanol–water partition coefficient (Wildman–Crippen LogP) is 4.77. The van der Waals surface area contributed by atoms with Crippen LogP contribution in [0.3, 0.4) is 0 Å². The maximum Gasteiger partial charge on any atom is 0.0965 e. The molecule has 1 aliphatic carbocycles. The van der Waals surface area contributed by atoms with E-state index in [4.69, 9.17) is 11.6 Å². The molecule has 0 N–H and O–H groups in total. The highest BCUT2D eigenvalue weighted by atomic mass is 35.5. The van der Waals surface area contributed by atoms with Gasteiger partial charge in [0, 0.05) is 17.3 Å². The van der Waals surface area contributed by atoms with Gasteiger partial charge in [0.05, 0.1) is 4.34 Å². The van der Waals surface area contributed by atoms with Crippen molar-refractivity contribution in [3.05, 3.63) is 50.9 Å². The second-order valence-corrected chi connectivity index (χ2v) is 6.59. The number of rotatable bonds is 2. The van der Waals surface area contributed by atoms with Crippen LogP contribution in [0, 0.1) is 6.92 Å². The topological polar surface area (TPSA) is 12.9 Å². The second kappa shape index (κ2) is 4.43. The van der Waals surface area contributed by atoms with Gasteiger partial charge in [-0.05, 0) is 60.9 Å². The molecule has 0 atom stereocenters. The van der Waals surface area contributed by atoms with E-state index in [-0.39, 0.29) is 0 Å². The molecule has 1 saturated carbocycles. The lowest BCUT2D eigenvalue weighted by Crippen LogP contribution is -2.19. The number of hydrogen-bond donors (Lipinski definition) is 0. The van der Waals surface area contributed by atoms with E-state index in [9.17, 15) is 0 Å². The van der Waals surface area contributed by atoms with Crippen molar-refractivity contribution in [2.75, 3.05) is 0 Å². The Morgan fingerprint density at radius 2 is 1.94 bits per heavy atom. The van der Waals surface area contributed by atoms with Gasteiger partial charge in [-0.3, -0.25) is 4.98 Å². The zero-order valence-electron chi connectivity index (χ0n) is 9.69. The Balaban J connectivity index is 1.71. The van der Waals surface area contributed by atoms with Crippen LogP contribution in [-0.2, 0) is 0 Å². The summed E-state index contributed by atoms with van der Waals surface area (Å²) in [6, 6.07) is 6.50. The van der Waals surface area contributed by atoms with Gasteiger partial charge in [-0.1, -0.05) is 11.6 Å². The Bertz CT molecular complexity index is 514. The average Bonchev–Trinajstić information content (AvgIpc) is 2.58. The van der Waals surface area contributed by atoms with Gasteiger partial charge >= 0.3 is 0 Å². The first-order valence-corrected chi connectivity index (χ1v) is 7.09. The summed E-state index contributed by atoms with van der Waals surface area (Å²) >= 11 is 7.95. The predicted molar refractivity (Wildman–Crippen MR) is 73.0 cm³/mol. The summed E-state index contributed by atoms with van der Waals surface area (Å²) in [6.07, 6.45) is 6.20. The lowest BCUT2D eigenvalue weighted by atomic mass is 9.69. The van der Waals surface area contributed by atoms with Crippen LogP contribution in [-0.4, -0.2) is 4.98 Å². The van der Waals surface area contributed by atoms with Gasteiger partial charge in [-0.15, -0.1) is 11.3 Å². The lowest BCUT2D eigenvalue weighted by Gasteiger charge is -2.35. The van der Waals surface area contributed by atoms with Crippen molar-refractivity contribution < 1.29 is 0 Å². The Labute approximate surface area is 110 Å². The zero-order valence-corrected chi connectivity index (χ0v) is 11.3. The van der Waals surface area contributed by atoms with E-state index in [1.807, 2.05) is 12.4 Å². The van der Waals surface area contributed by atoms with E-state index in [1.165, 1.54) is 28.8 Å². The average molecular weight is 264 g/mol. The number of pyridine rings is 1. The smallest absolute Gasteiger partial charge is 0.0965 e. The molecule has 0 unspecified atom stereocenters. The fourth-order valence-electron chi connectivity index (χ4n) is 2.56. The number of aryl methyl sites for hydroxylation is 1. The first kappa shape index (κ1) is 11.2. The van der Waals surface area contributed by atoms with Crippen molar-refractivity contribution in [2.45, 2.75) is 31.6 Å². The monoisotopic (exact) mass is 263 g/mol. The fraction of sp³-hybridized carbons (Fsp3) is 0.357. The van der Waals surface area contributed by atoms with Crippen LogP contribution in [0.5, 0.6) is 0 Å². The van der Waals surface area contributed by atoms with E-state index in [2.05, 4.69) is 30.1 Å². The minimum atomic E-state index is 0.658. The van der Waals surface area contributed by atoms with Gasteiger partial charge in [-0.2, -0.15) is 0 Å². The Kier molecular flexibility index (Phi) is 2.93. The molecule has 0 bridgehead atoms. The molecular formula is C14H14ClNS. The molecule has 1 aliphatic rings. The Hall–Kier alpha value is -0.860. The van der Waals surface area contributed by atoms with Crippen molar-refractivity contribution in [3.63, 3.8) is 0 Å². The van der Waals surface area contributed by atoms with Gasteiger partial charge in [0.2, 0.25) is 0 Å². The van der Waals surface area contributed by atoms with Gasteiger partial charge in [0.25, 0.3) is 0 Å². The minimum Gasteiger partial charge on any atom is -0.265 e. The van der Waals surface area contributed by atoms with E-state index in [0.29, 0.717) is 11.8 Å².